The maximum absolute atomic E-state index is 5.82. The van der Waals surface area contributed by atoms with E-state index in [2.05, 4.69) is 18.9 Å². The zero-order valence-corrected chi connectivity index (χ0v) is 7.42. The molecular weight excluding hydrogens is 138 g/mol. The van der Waals surface area contributed by atoms with E-state index in [9.17, 15) is 0 Å². The van der Waals surface area contributed by atoms with E-state index in [-0.39, 0.29) is 0 Å². The quantitative estimate of drug-likeness (QED) is 0.595. The lowest BCUT2D eigenvalue weighted by Crippen LogP contribution is -2.23. The van der Waals surface area contributed by atoms with Gasteiger partial charge in [-0.05, 0) is 33.2 Å². The molecule has 2 fully saturated rings. The fourth-order valence-electron chi connectivity index (χ4n) is 1.71. The minimum atomic E-state index is 0.530. The number of ether oxygens (including phenoxy) is 1. The van der Waals surface area contributed by atoms with Crippen molar-refractivity contribution in [2.24, 2.45) is 0 Å². The van der Waals surface area contributed by atoms with E-state index in [0.717, 1.165) is 12.6 Å². The van der Waals surface area contributed by atoms with Crippen LogP contribution in [0.15, 0.2) is 0 Å². The molecule has 2 unspecified atom stereocenters. The Morgan fingerprint density at radius 3 is 2.45 bits per heavy atom. The molecule has 2 rings (SSSR count). The van der Waals surface area contributed by atoms with Crippen molar-refractivity contribution in [2.75, 3.05) is 13.6 Å². The second kappa shape index (κ2) is 2.76. The molecule has 0 bridgehead atoms. The maximum Gasteiger partial charge on any atom is 0.0720 e. The Morgan fingerprint density at radius 1 is 1.27 bits per heavy atom. The first-order chi connectivity index (χ1) is 5.25. The van der Waals surface area contributed by atoms with Crippen molar-refractivity contribution < 1.29 is 4.74 Å². The van der Waals surface area contributed by atoms with Crippen LogP contribution in [-0.2, 0) is 4.74 Å². The summed E-state index contributed by atoms with van der Waals surface area (Å²) in [6.07, 6.45) is 4.98. The number of hydrogen-bond acceptors (Lipinski definition) is 2. The fraction of sp³-hybridized carbons (Fsp3) is 1.00. The van der Waals surface area contributed by atoms with Crippen molar-refractivity contribution in [2.45, 2.75) is 44.4 Å². The van der Waals surface area contributed by atoms with Gasteiger partial charge in [-0.3, -0.25) is 0 Å². The fourth-order valence-corrected chi connectivity index (χ4v) is 1.71. The number of nitrogens with zero attached hydrogens (tertiary/aromatic N) is 1. The Bertz CT molecular complexity index is 132. The Balaban J connectivity index is 1.78. The lowest BCUT2D eigenvalue weighted by Gasteiger charge is -2.12. The van der Waals surface area contributed by atoms with Crippen LogP contribution in [0.2, 0.25) is 0 Å². The van der Waals surface area contributed by atoms with Gasteiger partial charge in [0.15, 0.2) is 0 Å². The lowest BCUT2D eigenvalue weighted by molar-refractivity contribution is 0.0476. The van der Waals surface area contributed by atoms with Gasteiger partial charge in [0, 0.05) is 12.6 Å². The molecule has 64 valence electrons. The molecule has 1 saturated heterocycles. The first kappa shape index (κ1) is 7.56. The summed E-state index contributed by atoms with van der Waals surface area (Å²) >= 11 is 0. The Labute approximate surface area is 68.5 Å². The van der Waals surface area contributed by atoms with Crippen LogP contribution in [-0.4, -0.2) is 36.7 Å². The van der Waals surface area contributed by atoms with Crippen LogP contribution in [0.4, 0.5) is 0 Å². The third-order valence-corrected chi connectivity index (χ3v) is 2.76. The van der Waals surface area contributed by atoms with Gasteiger partial charge in [0.05, 0.1) is 12.2 Å². The van der Waals surface area contributed by atoms with Crippen LogP contribution >= 0.6 is 0 Å². The summed E-state index contributed by atoms with van der Waals surface area (Å²) in [4.78, 5) is 2.38. The van der Waals surface area contributed by atoms with Crippen LogP contribution < -0.4 is 0 Å². The van der Waals surface area contributed by atoms with Crippen molar-refractivity contribution in [1.82, 2.24) is 4.90 Å². The minimum absolute atomic E-state index is 0.530. The van der Waals surface area contributed by atoms with E-state index in [1.165, 1.54) is 19.3 Å². The Morgan fingerprint density at radius 2 is 2.00 bits per heavy atom. The molecule has 1 aliphatic heterocycles. The van der Waals surface area contributed by atoms with E-state index in [4.69, 9.17) is 4.74 Å². The molecule has 0 spiro atoms. The first-order valence-electron chi connectivity index (χ1n) is 4.61. The van der Waals surface area contributed by atoms with Crippen LogP contribution in [0.25, 0.3) is 0 Å². The summed E-state index contributed by atoms with van der Waals surface area (Å²) in [5.74, 6) is 0. The summed E-state index contributed by atoms with van der Waals surface area (Å²) < 4.78 is 5.82. The van der Waals surface area contributed by atoms with Crippen LogP contribution in [0.5, 0.6) is 0 Å². The largest absolute Gasteiger partial charge is 0.374 e. The molecule has 2 heteroatoms. The van der Waals surface area contributed by atoms with Crippen molar-refractivity contribution in [1.29, 1.82) is 0 Å². The molecule has 2 atom stereocenters. The van der Waals surface area contributed by atoms with Gasteiger partial charge in [0.2, 0.25) is 0 Å². The molecule has 0 aromatic rings. The first-order valence-corrected chi connectivity index (χ1v) is 4.61. The average Bonchev–Trinajstić information content (AvgIpc) is 2.65. The molecule has 0 radical (unpaired) electrons. The number of likely N-dealkylation sites (tertiary alicyclic amines) is 1. The average molecular weight is 155 g/mol. The van der Waals surface area contributed by atoms with Gasteiger partial charge in [-0.15, -0.1) is 0 Å². The molecule has 2 aliphatic rings. The predicted molar refractivity (Wildman–Crippen MR) is 44.6 cm³/mol. The highest BCUT2D eigenvalue weighted by Gasteiger charge is 2.32. The van der Waals surface area contributed by atoms with E-state index < -0.39 is 0 Å². The normalized spacial score (nSPS) is 39.8. The maximum atomic E-state index is 5.82. The third-order valence-electron chi connectivity index (χ3n) is 2.76. The molecule has 11 heavy (non-hydrogen) atoms. The molecule has 1 heterocycles. The summed E-state index contributed by atoms with van der Waals surface area (Å²) in [5, 5.41) is 0. The Kier molecular flexibility index (Phi) is 1.90. The van der Waals surface area contributed by atoms with Gasteiger partial charge in [-0.1, -0.05) is 0 Å². The SMILES string of the molecule is CC1CC(OC2CC2)CN1C. The molecule has 0 N–H and O–H groups in total. The Hall–Kier alpha value is -0.0800. The highest BCUT2D eigenvalue weighted by molar-refractivity contribution is 4.84. The van der Waals surface area contributed by atoms with Crippen LogP contribution in [0.3, 0.4) is 0 Å². The highest BCUT2D eigenvalue weighted by atomic mass is 16.5. The van der Waals surface area contributed by atoms with Crippen LogP contribution in [0.1, 0.15) is 26.2 Å². The topological polar surface area (TPSA) is 12.5 Å². The highest BCUT2D eigenvalue weighted by Crippen LogP contribution is 2.29. The van der Waals surface area contributed by atoms with E-state index in [1.807, 2.05) is 0 Å². The zero-order valence-electron chi connectivity index (χ0n) is 7.42. The second-order valence-corrected chi connectivity index (χ2v) is 3.98. The standard InChI is InChI=1S/C9H17NO/c1-7-5-9(6-10(7)2)11-8-3-4-8/h7-9H,3-6H2,1-2H3. The molecule has 0 aromatic heterocycles. The van der Waals surface area contributed by atoms with Crippen molar-refractivity contribution >= 4 is 0 Å². The summed E-state index contributed by atoms with van der Waals surface area (Å²) in [7, 11) is 2.18. The van der Waals surface area contributed by atoms with E-state index in [0.29, 0.717) is 12.2 Å². The van der Waals surface area contributed by atoms with Gasteiger partial charge in [-0.25, -0.2) is 0 Å². The second-order valence-electron chi connectivity index (χ2n) is 3.98. The van der Waals surface area contributed by atoms with Gasteiger partial charge in [0.25, 0.3) is 0 Å². The van der Waals surface area contributed by atoms with E-state index >= 15 is 0 Å². The van der Waals surface area contributed by atoms with Gasteiger partial charge < -0.3 is 9.64 Å². The van der Waals surface area contributed by atoms with Crippen molar-refractivity contribution in [3.8, 4) is 0 Å². The number of likely N-dealkylation sites (N-methyl/N-ethyl adjacent to an activating group) is 1. The van der Waals surface area contributed by atoms with Gasteiger partial charge >= 0.3 is 0 Å². The van der Waals surface area contributed by atoms with Gasteiger partial charge in [-0.2, -0.15) is 0 Å². The summed E-state index contributed by atoms with van der Waals surface area (Å²) in [6.45, 7) is 3.41. The number of rotatable bonds is 2. The number of hydrogen-bond donors (Lipinski definition) is 0. The zero-order chi connectivity index (χ0) is 7.84. The third kappa shape index (κ3) is 1.74. The molecule has 1 aliphatic carbocycles. The van der Waals surface area contributed by atoms with Crippen molar-refractivity contribution in [3.05, 3.63) is 0 Å². The summed E-state index contributed by atoms with van der Waals surface area (Å²) in [5.41, 5.74) is 0. The molecular formula is C9H17NO. The van der Waals surface area contributed by atoms with Crippen molar-refractivity contribution in [3.63, 3.8) is 0 Å². The smallest absolute Gasteiger partial charge is 0.0720 e. The molecule has 1 saturated carbocycles. The summed E-state index contributed by atoms with van der Waals surface area (Å²) in [6, 6.07) is 0.721. The van der Waals surface area contributed by atoms with Gasteiger partial charge in [0.1, 0.15) is 0 Å². The molecule has 2 nitrogen and oxygen atoms in total. The van der Waals surface area contributed by atoms with Crippen LogP contribution in [0, 0.1) is 0 Å². The van der Waals surface area contributed by atoms with E-state index in [1.54, 1.807) is 0 Å². The predicted octanol–water partition coefficient (Wildman–Crippen LogP) is 1.26. The minimum Gasteiger partial charge on any atom is -0.374 e. The molecule has 0 amide bonds. The molecule has 0 aromatic carbocycles. The monoisotopic (exact) mass is 155 g/mol. The lowest BCUT2D eigenvalue weighted by atomic mass is 10.2.